The van der Waals surface area contributed by atoms with Crippen molar-refractivity contribution in [1.82, 2.24) is 30.2 Å². The van der Waals surface area contributed by atoms with Crippen LogP contribution in [0.5, 0.6) is 11.5 Å². The van der Waals surface area contributed by atoms with Crippen molar-refractivity contribution >= 4 is 58.6 Å². The zero-order valence-corrected chi connectivity index (χ0v) is 55.0. The van der Waals surface area contributed by atoms with Gasteiger partial charge in [0, 0.05) is 99.6 Å². The molecule has 4 aliphatic heterocycles. The van der Waals surface area contributed by atoms with Crippen LogP contribution in [-0.2, 0) is 19.2 Å². The van der Waals surface area contributed by atoms with Gasteiger partial charge in [-0.3, -0.25) is 38.4 Å². The second-order valence-corrected chi connectivity index (χ2v) is 26.8. The molecule has 4 atom stereocenters. The zero-order valence-electron chi connectivity index (χ0n) is 55.0. The smallest absolute Gasteiger partial charge is 0.254 e. The molecular weight excluding hydrogens is 1190 g/mol. The Morgan fingerprint density at radius 1 is 0.505 bits per heavy atom. The normalized spacial score (nSPS) is 20.4. The molecule has 10 rings (SSSR count). The lowest BCUT2D eigenvalue weighted by molar-refractivity contribution is -0.638. The van der Waals surface area contributed by atoms with Gasteiger partial charge in [0.1, 0.15) is 48.3 Å². The van der Waals surface area contributed by atoms with Crippen LogP contribution in [0, 0.1) is 23.5 Å². The SMILES string of the molecule is CC(=O)Nc1cc(F)cc(C(=O)N2CCN(C(=O)c3ccc(O[C@H]4CC[NH2+]C4)c(C4CCCCC4)c3)C(C(=O)NCC(C)C)C2)c1.CC(=O)Nc1cc(F)cc(C(=O)N2CCN(C(=O)c3ccc(O[C@H]4CC[NH2+]C4)c(C4CCCCC4)c3)C(C(=O)NCCC(C)C)C2)c1. The molecule has 4 heterocycles. The summed E-state index contributed by atoms with van der Waals surface area (Å²) in [5.41, 5.74) is 3.58. The summed E-state index contributed by atoms with van der Waals surface area (Å²) in [6.07, 6.45) is 14.3. The van der Waals surface area contributed by atoms with Crippen molar-refractivity contribution < 1.29 is 67.2 Å². The Bertz CT molecular complexity index is 3320. The van der Waals surface area contributed by atoms with Gasteiger partial charge in [-0.25, -0.2) is 8.78 Å². The van der Waals surface area contributed by atoms with Gasteiger partial charge in [-0.1, -0.05) is 66.2 Å². The lowest BCUT2D eigenvalue weighted by Crippen LogP contribution is -2.81. The number of quaternary nitrogens is 2. The average Bonchev–Trinajstić information content (AvgIpc) is 0.948. The number of amides is 8. The topological polar surface area (TPSA) is 249 Å². The number of nitrogens with two attached hydrogens (primary N) is 2. The molecule has 4 aromatic carbocycles. The molecule has 93 heavy (non-hydrogen) atoms. The monoisotopic (exact) mass is 1290 g/mol. The summed E-state index contributed by atoms with van der Waals surface area (Å²) >= 11 is 0. The maximum Gasteiger partial charge on any atom is 0.254 e. The first-order valence-corrected chi connectivity index (χ1v) is 33.8. The number of anilines is 2. The highest BCUT2D eigenvalue weighted by Crippen LogP contribution is 2.41. The number of hydrogen-bond donors (Lipinski definition) is 6. The van der Waals surface area contributed by atoms with Crippen molar-refractivity contribution in [2.45, 2.75) is 161 Å². The standard InChI is InChI=1S/C36H48FN5O5.C35H46FN5O5/c1-23(2)11-14-39-34(44)32-22-41(35(45)27-17-28(37)20-29(18-27)40-24(3)43)15-16-42(32)36(46)26-9-10-33(47-30-12-13-38-21-30)31(19-26)25-7-5-4-6-8-25;1-22(2)19-38-33(43)31-21-40(34(44)26-15-27(36)18-28(16-26)39-23(3)42)13-14-41(31)35(45)25-9-10-32(46-29-11-12-37-20-29)30(17-25)24-7-5-4-6-8-24/h9-10,17-20,23,25,30,32,38H,4-8,11-16,21-22H2,1-3H3,(H,39,44)(H,40,43);9-10,15-18,22,24,29,31,37H,4-8,11-14,19-21H2,1-3H3,(H,38,43)(H,39,42)/p+2/t30-,32?;29-,31?/m00/s1. The molecular formula is C71H96F2N10O10+2. The predicted molar refractivity (Wildman–Crippen MR) is 349 cm³/mol. The van der Waals surface area contributed by atoms with E-state index in [4.69, 9.17) is 9.47 Å². The molecule has 0 spiro atoms. The van der Waals surface area contributed by atoms with Crippen LogP contribution in [0.1, 0.15) is 189 Å². The second-order valence-electron chi connectivity index (χ2n) is 26.8. The van der Waals surface area contributed by atoms with Crippen LogP contribution in [-0.4, -0.2) is 170 Å². The summed E-state index contributed by atoms with van der Waals surface area (Å²) in [4.78, 5) is 112. The van der Waals surface area contributed by atoms with Crippen molar-refractivity contribution in [1.29, 1.82) is 0 Å². The van der Waals surface area contributed by atoms with Gasteiger partial charge in [0.15, 0.2) is 12.2 Å². The Hall–Kier alpha value is -7.98. The highest BCUT2D eigenvalue weighted by molar-refractivity contribution is 6.02. The number of ether oxygens (including phenoxy) is 2. The summed E-state index contributed by atoms with van der Waals surface area (Å²) in [5, 5.41) is 15.5. The summed E-state index contributed by atoms with van der Waals surface area (Å²) in [7, 11) is 0. The van der Waals surface area contributed by atoms with Gasteiger partial charge < -0.3 is 61.0 Å². The van der Waals surface area contributed by atoms with E-state index in [-0.39, 0.29) is 115 Å². The lowest BCUT2D eigenvalue weighted by atomic mass is 9.83. The van der Waals surface area contributed by atoms with Crippen molar-refractivity contribution in [2.75, 3.05) is 89.2 Å². The highest BCUT2D eigenvalue weighted by atomic mass is 19.1. The molecule has 4 saturated heterocycles. The van der Waals surface area contributed by atoms with Gasteiger partial charge in [-0.05, 0) is 140 Å². The molecule has 8 amide bonds. The number of nitrogens with one attached hydrogen (secondary N) is 4. The van der Waals surface area contributed by atoms with Crippen LogP contribution in [0.15, 0.2) is 72.8 Å². The number of piperazine rings is 2. The Morgan fingerprint density at radius 2 is 0.935 bits per heavy atom. The highest BCUT2D eigenvalue weighted by Gasteiger charge is 2.41. The third kappa shape index (κ3) is 18.9. The minimum Gasteiger partial charge on any atom is -0.484 e. The number of nitrogens with zero attached hydrogens (tertiary/aromatic N) is 4. The summed E-state index contributed by atoms with van der Waals surface area (Å²) in [5.74, 6) is -1.38. The molecule has 20 nitrogen and oxygen atoms in total. The summed E-state index contributed by atoms with van der Waals surface area (Å²) in [6.45, 7) is 16.0. The number of carbonyl (C=O) groups is 8. The Balaban J connectivity index is 0.000000219. The average molecular weight is 1290 g/mol. The van der Waals surface area contributed by atoms with E-state index in [0.29, 0.717) is 42.0 Å². The number of rotatable bonds is 19. The van der Waals surface area contributed by atoms with Crippen LogP contribution >= 0.6 is 0 Å². The quantitative estimate of drug-likeness (QED) is 0.0563. The molecule has 0 radical (unpaired) electrons. The first-order chi connectivity index (χ1) is 44.7. The molecule has 6 aliphatic rings. The van der Waals surface area contributed by atoms with E-state index in [9.17, 15) is 47.1 Å². The van der Waals surface area contributed by atoms with Crippen LogP contribution in [0.25, 0.3) is 0 Å². The second kappa shape index (κ2) is 32.7. The Kier molecular flexibility index (Phi) is 24.4. The Labute approximate surface area is 545 Å². The molecule has 22 heteroatoms. The maximum atomic E-state index is 14.4. The molecule has 4 aromatic rings. The third-order valence-corrected chi connectivity index (χ3v) is 18.5. The summed E-state index contributed by atoms with van der Waals surface area (Å²) in [6, 6.07) is 16.8. The van der Waals surface area contributed by atoms with E-state index in [1.165, 1.54) is 48.6 Å². The van der Waals surface area contributed by atoms with E-state index < -0.39 is 35.5 Å². The molecule has 0 aromatic heterocycles. The first-order valence-electron chi connectivity index (χ1n) is 33.8. The zero-order chi connectivity index (χ0) is 66.3. The van der Waals surface area contributed by atoms with Gasteiger partial charge in [0.05, 0.1) is 26.2 Å². The number of benzene rings is 4. The fraction of sp³-hybridized carbons (Fsp3) is 0.549. The minimum absolute atomic E-state index is 0.0427. The minimum atomic E-state index is -0.935. The van der Waals surface area contributed by atoms with Gasteiger partial charge in [0.2, 0.25) is 23.6 Å². The maximum absolute atomic E-state index is 14.4. The van der Waals surface area contributed by atoms with E-state index in [0.717, 1.165) is 144 Å². The number of carbonyl (C=O) groups excluding carboxylic acids is 8. The van der Waals surface area contributed by atoms with Crippen LogP contribution in [0.3, 0.4) is 0 Å². The number of hydrogen-bond acceptors (Lipinski definition) is 10. The van der Waals surface area contributed by atoms with Gasteiger partial charge in [-0.15, -0.1) is 0 Å². The third-order valence-electron chi connectivity index (χ3n) is 18.5. The van der Waals surface area contributed by atoms with Crippen LogP contribution in [0.2, 0.25) is 0 Å². The van der Waals surface area contributed by atoms with Gasteiger partial charge >= 0.3 is 0 Å². The lowest BCUT2D eigenvalue weighted by Gasteiger charge is -2.41. The van der Waals surface area contributed by atoms with E-state index in [2.05, 4.69) is 45.7 Å². The predicted octanol–water partition coefficient (Wildman–Crippen LogP) is 6.96. The molecule has 6 fully saturated rings. The van der Waals surface area contributed by atoms with E-state index in [1.54, 1.807) is 21.9 Å². The van der Waals surface area contributed by atoms with Crippen molar-refractivity contribution in [3.05, 3.63) is 118 Å². The molecule has 0 bridgehead atoms. The van der Waals surface area contributed by atoms with Crippen LogP contribution < -0.4 is 41.4 Å². The van der Waals surface area contributed by atoms with Gasteiger partial charge in [0.25, 0.3) is 23.6 Å². The van der Waals surface area contributed by atoms with Crippen molar-refractivity contribution in [3.8, 4) is 11.5 Å². The summed E-state index contributed by atoms with van der Waals surface area (Å²) < 4.78 is 41.8. The first kappa shape index (κ1) is 69.4. The van der Waals surface area contributed by atoms with Crippen molar-refractivity contribution in [2.24, 2.45) is 11.8 Å². The fourth-order valence-corrected chi connectivity index (χ4v) is 13.6. The van der Waals surface area contributed by atoms with Gasteiger partial charge in [-0.2, -0.15) is 0 Å². The largest absolute Gasteiger partial charge is 0.484 e. The van der Waals surface area contributed by atoms with Crippen LogP contribution in [0.4, 0.5) is 20.2 Å². The van der Waals surface area contributed by atoms with Crippen molar-refractivity contribution in [3.63, 3.8) is 0 Å². The fourth-order valence-electron chi connectivity index (χ4n) is 13.6. The molecule has 502 valence electrons. The molecule has 2 unspecified atom stereocenters. The van der Waals surface area contributed by atoms with E-state index in [1.807, 2.05) is 38.1 Å². The molecule has 2 saturated carbocycles. The Morgan fingerprint density at radius 3 is 1.32 bits per heavy atom. The molecule has 2 aliphatic carbocycles. The number of halogens is 2. The van der Waals surface area contributed by atoms with E-state index >= 15 is 0 Å². The molecule has 8 N–H and O–H groups in total.